The molecule has 0 saturated heterocycles. The second kappa shape index (κ2) is 4.22. The number of allylic oxidation sites excluding steroid dienone is 1. The topological polar surface area (TPSA) is 18.5 Å². The van der Waals surface area contributed by atoms with Gasteiger partial charge < -0.3 is 9.47 Å². The van der Waals surface area contributed by atoms with Crippen LogP contribution in [0.4, 0.5) is 0 Å². The number of rotatable bonds is 2. The van der Waals surface area contributed by atoms with E-state index in [9.17, 15) is 0 Å². The van der Waals surface area contributed by atoms with Crippen LogP contribution in [-0.2, 0) is 0 Å². The molecule has 0 spiro atoms. The van der Waals surface area contributed by atoms with Gasteiger partial charge in [0.25, 0.3) is 0 Å². The Hall–Kier alpha value is -1.70. The van der Waals surface area contributed by atoms with Gasteiger partial charge in [-0.2, -0.15) is 0 Å². The quantitative estimate of drug-likeness (QED) is 0.686. The molecule has 2 rings (SSSR count). The first-order valence-corrected chi connectivity index (χ1v) is 5.03. The number of ether oxygens (including phenoxy) is 2. The van der Waals surface area contributed by atoms with Crippen LogP contribution in [-0.4, -0.2) is 12.2 Å². The van der Waals surface area contributed by atoms with Gasteiger partial charge in [0.2, 0.25) is 0 Å². The van der Waals surface area contributed by atoms with Gasteiger partial charge in [0.05, 0.1) is 0 Å². The standard InChI is InChI=1S/C13H14O2/c1-3-7-11-10(4-2)14-12-8-5-6-9-13(12)15-11/h3-11H,2H2,1H3/b7-3-. The van der Waals surface area contributed by atoms with Crippen LogP contribution in [0.5, 0.6) is 11.5 Å². The zero-order chi connectivity index (χ0) is 10.7. The first-order chi connectivity index (χ1) is 7.35. The van der Waals surface area contributed by atoms with Crippen LogP contribution in [0, 0.1) is 0 Å². The number of fused-ring (bicyclic) bond motifs is 1. The number of hydrogen-bond donors (Lipinski definition) is 0. The van der Waals surface area contributed by atoms with Crippen LogP contribution in [0.25, 0.3) is 0 Å². The predicted octanol–water partition coefficient (Wildman–Crippen LogP) is 2.96. The highest BCUT2D eigenvalue weighted by atomic mass is 16.6. The first-order valence-electron chi connectivity index (χ1n) is 5.03. The summed E-state index contributed by atoms with van der Waals surface area (Å²) in [6.45, 7) is 5.71. The van der Waals surface area contributed by atoms with Crippen LogP contribution in [0.2, 0.25) is 0 Å². The lowest BCUT2D eigenvalue weighted by Gasteiger charge is -2.30. The molecule has 0 amide bonds. The molecule has 2 atom stereocenters. The molecule has 0 saturated carbocycles. The van der Waals surface area contributed by atoms with Crippen LogP contribution < -0.4 is 9.47 Å². The van der Waals surface area contributed by atoms with Crippen molar-refractivity contribution in [2.45, 2.75) is 19.1 Å². The third-order valence-corrected chi connectivity index (χ3v) is 2.31. The molecule has 2 unspecified atom stereocenters. The van der Waals surface area contributed by atoms with E-state index in [0.29, 0.717) is 0 Å². The van der Waals surface area contributed by atoms with Crippen molar-refractivity contribution in [3.05, 3.63) is 49.1 Å². The van der Waals surface area contributed by atoms with Gasteiger partial charge in [0.15, 0.2) is 23.7 Å². The summed E-state index contributed by atoms with van der Waals surface area (Å²) in [5.74, 6) is 1.57. The van der Waals surface area contributed by atoms with E-state index in [1.54, 1.807) is 6.08 Å². The van der Waals surface area contributed by atoms with Crippen molar-refractivity contribution < 1.29 is 9.47 Å². The van der Waals surface area contributed by atoms with Gasteiger partial charge in [-0.05, 0) is 31.2 Å². The SMILES string of the molecule is C=CC1Oc2ccccc2OC1/C=C\C. The molecular formula is C13H14O2. The summed E-state index contributed by atoms with van der Waals surface area (Å²) >= 11 is 0. The summed E-state index contributed by atoms with van der Waals surface area (Å²) in [6, 6.07) is 7.67. The molecule has 15 heavy (non-hydrogen) atoms. The lowest BCUT2D eigenvalue weighted by atomic mass is 10.1. The lowest BCUT2D eigenvalue weighted by molar-refractivity contribution is 0.0770. The molecule has 1 aromatic carbocycles. The lowest BCUT2D eigenvalue weighted by Crippen LogP contribution is -2.36. The Morgan fingerprint density at radius 1 is 1.13 bits per heavy atom. The molecule has 0 bridgehead atoms. The Morgan fingerprint density at radius 3 is 2.27 bits per heavy atom. The van der Waals surface area contributed by atoms with Gasteiger partial charge in [-0.3, -0.25) is 0 Å². The summed E-state index contributed by atoms with van der Waals surface area (Å²) in [6.07, 6.45) is 5.50. The Labute approximate surface area is 89.8 Å². The van der Waals surface area contributed by atoms with Gasteiger partial charge >= 0.3 is 0 Å². The molecule has 0 N–H and O–H groups in total. The molecule has 0 radical (unpaired) electrons. The summed E-state index contributed by atoms with van der Waals surface area (Å²) in [5.41, 5.74) is 0. The fourth-order valence-corrected chi connectivity index (χ4v) is 1.59. The van der Waals surface area contributed by atoms with E-state index in [4.69, 9.17) is 9.47 Å². The van der Waals surface area contributed by atoms with Crippen LogP contribution in [0.3, 0.4) is 0 Å². The van der Waals surface area contributed by atoms with Crippen LogP contribution in [0.1, 0.15) is 6.92 Å². The van der Waals surface area contributed by atoms with Crippen molar-refractivity contribution in [1.82, 2.24) is 0 Å². The summed E-state index contributed by atoms with van der Waals surface area (Å²) in [4.78, 5) is 0. The van der Waals surface area contributed by atoms with Crippen molar-refractivity contribution in [1.29, 1.82) is 0 Å². The van der Waals surface area contributed by atoms with Gasteiger partial charge in [-0.15, -0.1) is 0 Å². The van der Waals surface area contributed by atoms with E-state index < -0.39 is 0 Å². The molecule has 2 nitrogen and oxygen atoms in total. The van der Waals surface area contributed by atoms with Gasteiger partial charge in [0, 0.05) is 0 Å². The second-order valence-corrected chi connectivity index (χ2v) is 3.37. The van der Waals surface area contributed by atoms with Crippen molar-refractivity contribution >= 4 is 0 Å². The zero-order valence-corrected chi connectivity index (χ0v) is 8.72. The molecule has 0 aromatic heterocycles. The normalized spacial score (nSPS) is 24.1. The second-order valence-electron chi connectivity index (χ2n) is 3.37. The molecule has 1 heterocycles. The van der Waals surface area contributed by atoms with E-state index in [0.717, 1.165) is 11.5 Å². The minimum absolute atomic E-state index is 0.0811. The Kier molecular flexibility index (Phi) is 2.77. The maximum absolute atomic E-state index is 5.79. The Morgan fingerprint density at radius 2 is 1.73 bits per heavy atom. The maximum Gasteiger partial charge on any atom is 0.162 e. The minimum atomic E-state index is -0.115. The van der Waals surface area contributed by atoms with E-state index in [2.05, 4.69) is 6.58 Å². The molecule has 1 aromatic rings. The smallest absolute Gasteiger partial charge is 0.162 e. The minimum Gasteiger partial charge on any atom is -0.478 e. The summed E-state index contributed by atoms with van der Waals surface area (Å²) in [5, 5.41) is 0. The predicted molar refractivity (Wildman–Crippen MR) is 60.3 cm³/mol. The monoisotopic (exact) mass is 202 g/mol. The van der Waals surface area contributed by atoms with Gasteiger partial charge in [0.1, 0.15) is 0 Å². The van der Waals surface area contributed by atoms with E-state index in [-0.39, 0.29) is 12.2 Å². The average Bonchev–Trinajstić information content (AvgIpc) is 2.28. The highest BCUT2D eigenvalue weighted by Crippen LogP contribution is 2.33. The summed E-state index contributed by atoms with van der Waals surface area (Å²) in [7, 11) is 0. The zero-order valence-electron chi connectivity index (χ0n) is 8.72. The number of hydrogen-bond acceptors (Lipinski definition) is 2. The molecule has 1 aliphatic rings. The third kappa shape index (κ3) is 1.89. The van der Waals surface area contributed by atoms with Gasteiger partial charge in [-0.25, -0.2) is 0 Å². The van der Waals surface area contributed by atoms with Crippen molar-refractivity contribution in [2.75, 3.05) is 0 Å². The first kappa shape index (κ1) is 9.84. The number of para-hydroxylation sites is 2. The molecule has 0 fully saturated rings. The molecule has 78 valence electrons. The van der Waals surface area contributed by atoms with Crippen LogP contribution in [0.15, 0.2) is 49.1 Å². The Balaban J connectivity index is 2.30. The summed E-state index contributed by atoms with van der Waals surface area (Å²) < 4.78 is 11.5. The largest absolute Gasteiger partial charge is 0.478 e. The third-order valence-electron chi connectivity index (χ3n) is 2.31. The van der Waals surface area contributed by atoms with Crippen molar-refractivity contribution in [2.24, 2.45) is 0 Å². The fourth-order valence-electron chi connectivity index (χ4n) is 1.59. The van der Waals surface area contributed by atoms with Crippen molar-refractivity contribution in [3.63, 3.8) is 0 Å². The highest BCUT2D eigenvalue weighted by molar-refractivity contribution is 5.42. The average molecular weight is 202 g/mol. The molecule has 1 aliphatic heterocycles. The van der Waals surface area contributed by atoms with E-state index >= 15 is 0 Å². The maximum atomic E-state index is 5.79. The molecule has 0 aliphatic carbocycles. The number of benzene rings is 1. The van der Waals surface area contributed by atoms with Gasteiger partial charge in [-0.1, -0.05) is 24.8 Å². The highest BCUT2D eigenvalue weighted by Gasteiger charge is 2.26. The molecule has 2 heteroatoms. The van der Waals surface area contributed by atoms with E-state index in [1.165, 1.54) is 0 Å². The fraction of sp³-hybridized carbons (Fsp3) is 0.231. The van der Waals surface area contributed by atoms with E-state index in [1.807, 2.05) is 43.3 Å². The van der Waals surface area contributed by atoms with Crippen LogP contribution >= 0.6 is 0 Å². The Bertz CT molecular complexity index is 382. The van der Waals surface area contributed by atoms with Crippen molar-refractivity contribution in [3.8, 4) is 11.5 Å². The molecular weight excluding hydrogens is 188 g/mol.